The van der Waals surface area contributed by atoms with E-state index in [2.05, 4.69) is 26.0 Å². The number of ether oxygens (including phenoxy) is 2. The average Bonchev–Trinajstić information content (AvgIpc) is 2.75. The number of hydrogen-bond donors (Lipinski definition) is 0. The molecule has 2 rings (SSSR count). The van der Waals surface area contributed by atoms with Crippen molar-refractivity contribution in [2.75, 3.05) is 13.2 Å². The molecule has 1 fully saturated rings. The van der Waals surface area contributed by atoms with Gasteiger partial charge >= 0.3 is 0 Å². The minimum absolute atomic E-state index is 0.828. The number of benzene rings is 1. The summed E-state index contributed by atoms with van der Waals surface area (Å²) in [6, 6.07) is 8.20. The molecule has 1 aliphatic rings. The molecule has 1 aromatic rings. The van der Waals surface area contributed by atoms with Crippen molar-refractivity contribution in [1.82, 2.24) is 0 Å². The van der Waals surface area contributed by atoms with E-state index in [1.807, 2.05) is 12.1 Å². The van der Waals surface area contributed by atoms with Crippen LogP contribution in [0.2, 0.25) is 0 Å². The van der Waals surface area contributed by atoms with Crippen molar-refractivity contribution in [2.24, 2.45) is 11.8 Å². The molecule has 0 unspecified atom stereocenters. The molecular formula is C27H46O2. The van der Waals surface area contributed by atoms with Crippen LogP contribution in [0.25, 0.3) is 0 Å². The summed E-state index contributed by atoms with van der Waals surface area (Å²) in [5.41, 5.74) is 0. The summed E-state index contributed by atoms with van der Waals surface area (Å²) in [7, 11) is 0. The summed E-state index contributed by atoms with van der Waals surface area (Å²) in [6.45, 7) is 6.25. The van der Waals surface area contributed by atoms with Gasteiger partial charge in [0.2, 0.25) is 0 Å². The Morgan fingerprint density at radius 1 is 0.586 bits per heavy atom. The smallest absolute Gasteiger partial charge is 0.119 e. The molecule has 2 heteroatoms. The predicted molar refractivity (Wildman–Crippen MR) is 125 cm³/mol. The molecule has 0 radical (unpaired) electrons. The highest BCUT2D eigenvalue weighted by atomic mass is 16.5. The van der Waals surface area contributed by atoms with Crippen LogP contribution in [0.4, 0.5) is 0 Å². The van der Waals surface area contributed by atoms with Crippen LogP contribution in [0, 0.1) is 11.8 Å². The lowest BCUT2D eigenvalue weighted by molar-refractivity contribution is 0.230. The van der Waals surface area contributed by atoms with Gasteiger partial charge in [0, 0.05) is 0 Å². The molecule has 1 aliphatic carbocycles. The van der Waals surface area contributed by atoms with E-state index in [9.17, 15) is 0 Å². The van der Waals surface area contributed by atoms with Crippen LogP contribution in [0.1, 0.15) is 110 Å². The van der Waals surface area contributed by atoms with E-state index in [4.69, 9.17) is 9.47 Å². The lowest BCUT2D eigenvalue weighted by Crippen LogP contribution is -2.15. The maximum Gasteiger partial charge on any atom is 0.119 e. The van der Waals surface area contributed by atoms with Crippen LogP contribution < -0.4 is 9.47 Å². The molecule has 29 heavy (non-hydrogen) atoms. The Hall–Kier alpha value is -1.18. The SMILES string of the molecule is CCCCCCCCCOc1ccc(OCCCC2CCC(CCC)CC2)cc1. The third-order valence-electron chi connectivity index (χ3n) is 6.53. The highest BCUT2D eigenvalue weighted by Crippen LogP contribution is 2.33. The van der Waals surface area contributed by atoms with Crippen LogP contribution in [0.15, 0.2) is 24.3 Å². The van der Waals surface area contributed by atoms with Gasteiger partial charge in [-0.2, -0.15) is 0 Å². The van der Waals surface area contributed by atoms with E-state index < -0.39 is 0 Å². The monoisotopic (exact) mass is 402 g/mol. The normalized spacial score (nSPS) is 19.2. The van der Waals surface area contributed by atoms with Gasteiger partial charge < -0.3 is 9.47 Å². The minimum Gasteiger partial charge on any atom is -0.494 e. The summed E-state index contributed by atoms with van der Waals surface area (Å²) in [6.07, 6.45) is 20.3. The van der Waals surface area contributed by atoms with Gasteiger partial charge in [-0.05, 0) is 55.4 Å². The molecule has 0 spiro atoms. The van der Waals surface area contributed by atoms with E-state index in [1.54, 1.807) is 0 Å². The third kappa shape index (κ3) is 11.0. The fourth-order valence-electron chi connectivity index (χ4n) is 4.66. The first-order valence-corrected chi connectivity index (χ1v) is 12.7. The van der Waals surface area contributed by atoms with Crippen molar-refractivity contribution in [3.8, 4) is 11.5 Å². The third-order valence-corrected chi connectivity index (χ3v) is 6.53. The molecule has 0 bridgehead atoms. The predicted octanol–water partition coefficient (Wildman–Crippen LogP) is 8.58. The largest absolute Gasteiger partial charge is 0.494 e. The standard InChI is InChI=1S/C27H46O2/c1-3-5-6-7-8-9-10-22-28-26-18-20-27(21-19-26)29-23-11-13-25-16-14-24(12-4-2)15-17-25/h18-21,24-25H,3-17,22-23H2,1-2H3. The zero-order valence-corrected chi connectivity index (χ0v) is 19.3. The molecular weight excluding hydrogens is 356 g/mol. The highest BCUT2D eigenvalue weighted by Gasteiger charge is 2.20. The van der Waals surface area contributed by atoms with E-state index in [1.165, 1.54) is 89.9 Å². The summed E-state index contributed by atoms with van der Waals surface area (Å²) < 4.78 is 11.8. The Kier molecular flexibility index (Phi) is 13.0. The second-order valence-electron chi connectivity index (χ2n) is 9.11. The molecule has 1 aromatic carbocycles. The maximum absolute atomic E-state index is 5.95. The van der Waals surface area contributed by atoms with Gasteiger partial charge in [0.05, 0.1) is 13.2 Å². The molecule has 0 aromatic heterocycles. The Balaban J connectivity index is 1.48. The molecule has 0 atom stereocenters. The topological polar surface area (TPSA) is 18.5 Å². The summed E-state index contributed by atoms with van der Waals surface area (Å²) >= 11 is 0. The van der Waals surface area contributed by atoms with Crippen molar-refractivity contribution in [2.45, 2.75) is 110 Å². The molecule has 0 N–H and O–H groups in total. The zero-order chi connectivity index (χ0) is 20.6. The quantitative estimate of drug-likeness (QED) is 0.258. The highest BCUT2D eigenvalue weighted by molar-refractivity contribution is 5.31. The molecule has 0 aliphatic heterocycles. The summed E-state index contributed by atoms with van der Waals surface area (Å²) in [5.74, 6) is 3.89. The molecule has 0 saturated heterocycles. The van der Waals surface area contributed by atoms with E-state index in [0.29, 0.717) is 0 Å². The molecule has 166 valence electrons. The average molecular weight is 403 g/mol. The zero-order valence-electron chi connectivity index (χ0n) is 19.3. The number of unbranched alkanes of at least 4 members (excludes halogenated alkanes) is 6. The lowest BCUT2D eigenvalue weighted by Gasteiger charge is -2.28. The fraction of sp³-hybridized carbons (Fsp3) is 0.778. The molecule has 2 nitrogen and oxygen atoms in total. The second kappa shape index (κ2) is 15.6. The second-order valence-corrected chi connectivity index (χ2v) is 9.11. The van der Waals surface area contributed by atoms with Crippen LogP contribution in [-0.2, 0) is 0 Å². The fourth-order valence-corrected chi connectivity index (χ4v) is 4.66. The summed E-state index contributed by atoms with van der Waals surface area (Å²) in [4.78, 5) is 0. The van der Waals surface area contributed by atoms with Gasteiger partial charge in [-0.25, -0.2) is 0 Å². The Morgan fingerprint density at radius 2 is 1.07 bits per heavy atom. The van der Waals surface area contributed by atoms with Crippen LogP contribution in [0.5, 0.6) is 11.5 Å². The first-order valence-electron chi connectivity index (χ1n) is 12.7. The summed E-state index contributed by atoms with van der Waals surface area (Å²) in [5, 5.41) is 0. The van der Waals surface area contributed by atoms with E-state index in [-0.39, 0.29) is 0 Å². The molecule has 0 amide bonds. The maximum atomic E-state index is 5.95. The lowest BCUT2D eigenvalue weighted by atomic mass is 9.78. The van der Waals surface area contributed by atoms with Crippen molar-refractivity contribution in [3.05, 3.63) is 24.3 Å². The van der Waals surface area contributed by atoms with Crippen LogP contribution >= 0.6 is 0 Å². The van der Waals surface area contributed by atoms with Gasteiger partial charge in [0.15, 0.2) is 0 Å². The molecule has 0 heterocycles. The van der Waals surface area contributed by atoms with Crippen LogP contribution in [-0.4, -0.2) is 13.2 Å². The number of hydrogen-bond acceptors (Lipinski definition) is 2. The van der Waals surface area contributed by atoms with Gasteiger partial charge in [-0.15, -0.1) is 0 Å². The van der Waals surface area contributed by atoms with Gasteiger partial charge in [0.25, 0.3) is 0 Å². The number of rotatable bonds is 16. The Morgan fingerprint density at radius 3 is 1.62 bits per heavy atom. The van der Waals surface area contributed by atoms with Gasteiger partial charge in [-0.3, -0.25) is 0 Å². The molecule has 1 saturated carbocycles. The van der Waals surface area contributed by atoms with E-state index >= 15 is 0 Å². The first kappa shape index (κ1) is 24.1. The first-order chi connectivity index (χ1) is 14.3. The minimum atomic E-state index is 0.828. The van der Waals surface area contributed by atoms with E-state index in [0.717, 1.165) is 43.0 Å². The van der Waals surface area contributed by atoms with Crippen molar-refractivity contribution < 1.29 is 9.47 Å². The van der Waals surface area contributed by atoms with Crippen LogP contribution in [0.3, 0.4) is 0 Å². The Labute approximate surface area is 180 Å². The van der Waals surface area contributed by atoms with Crippen molar-refractivity contribution in [1.29, 1.82) is 0 Å². The van der Waals surface area contributed by atoms with Gasteiger partial charge in [0.1, 0.15) is 11.5 Å². The Bertz CT molecular complexity index is 488. The van der Waals surface area contributed by atoms with Crippen molar-refractivity contribution in [3.63, 3.8) is 0 Å². The van der Waals surface area contributed by atoms with Crippen molar-refractivity contribution >= 4 is 0 Å². The van der Waals surface area contributed by atoms with Gasteiger partial charge in [-0.1, -0.05) is 90.9 Å².